The number of nitrogens with zero attached hydrogens (tertiary/aromatic N) is 4. The number of hydrogen-bond donors (Lipinski definition) is 1. The van der Waals surface area contributed by atoms with Crippen molar-refractivity contribution in [2.24, 2.45) is 5.92 Å². The Morgan fingerprint density at radius 3 is 2.81 bits per heavy atom. The molecular weight excluding hydrogens is 366 g/mol. The van der Waals surface area contributed by atoms with Crippen molar-refractivity contribution in [2.45, 2.75) is 31.3 Å². The highest BCUT2D eigenvalue weighted by Crippen LogP contribution is 2.37. The van der Waals surface area contributed by atoms with Crippen molar-refractivity contribution in [1.82, 2.24) is 15.0 Å². The number of rotatable bonds is 4. The second-order valence-electron chi connectivity index (χ2n) is 6.74. The lowest BCUT2D eigenvalue weighted by atomic mass is 9.79. The van der Waals surface area contributed by atoms with E-state index in [1.807, 2.05) is 30.3 Å². The molecule has 2 aromatic rings. The average Bonchev–Trinajstić information content (AvgIpc) is 3.14. The molecule has 27 heavy (non-hydrogen) atoms. The molecule has 7 nitrogen and oxygen atoms in total. The van der Waals surface area contributed by atoms with Gasteiger partial charge in [0.1, 0.15) is 11.8 Å². The minimum atomic E-state index is -0.0884. The molecule has 0 radical (unpaired) electrons. The number of amides is 1. The van der Waals surface area contributed by atoms with Crippen molar-refractivity contribution in [1.29, 1.82) is 5.26 Å². The van der Waals surface area contributed by atoms with Gasteiger partial charge in [-0.2, -0.15) is 5.26 Å². The molecule has 1 saturated heterocycles. The molecule has 138 valence electrons. The highest BCUT2D eigenvalue weighted by atomic mass is 35.5. The summed E-state index contributed by atoms with van der Waals surface area (Å²) in [5, 5.41) is 14.3. The molecule has 1 amide bonds. The number of benzene rings is 1. The van der Waals surface area contributed by atoms with Gasteiger partial charge in [0.25, 0.3) is 0 Å². The lowest BCUT2D eigenvalue weighted by Gasteiger charge is -2.37. The first-order valence-corrected chi connectivity index (χ1v) is 9.23. The maximum Gasteiger partial charge on any atom is 0.249 e. The molecule has 2 aliphatic rings. The zero-order chi connectivity index (χ0) is 18.8. The van der Waals surface area contributed by atoms with Crippen LogP contribution in [0.15, 0.2) is 36.5 Å². The van der Waals surface area contributed by atoms with Crippen molar-refractivity contribution in [3.8, 4) is 6.07 Å². The Bertz CT molecular complexity index is 876. The number of carbonyl (C=O) groups excluding carboxylic acids is 1. The van der Waals surface area contributed by atoms with Crippen molar-refractivity contribution < 1.29 is 9.63 Å². The minimum absolute atomic E-state index is 0.0113. The van der Waals surface area contributed by atoms with Crippen molar-refractivity contribution in [2.75, 3.05) is 11.9 Å². The van der Waals surface area contributed by atoms with Gasteiger partial charge in [-0.3, -0.25) is 9.63 Å². The normalized spacial score (nSPS) is 24.1. The van der Waals surface area contributed by atoms with Gasteiger partial charge in [0.2, 0.25) is 11.9 Å². The van der Waals surface area contributed by atoms with Crippen LogP contribution in [0.4, 0.5) is 5.95 Å². The van der Waals surface area contributed by atoms with Crippen molar-refractivity contribution in [3.63, 3.8) is 0 Å². The molecule has 8 heteroatoms. The number of nitrogens with one attached hydrogen (secondary N) is 1. The van der Waals surface area contributed by atoms with Crippen LogP contribution in [-0.2, 0) is 9.63 Å². The Morgan fingerprint density at radius 1 is 1.30 bits per heavy atom. The van der Waals surface area contributed by atoms with Crippen molar-refractivity contribution >= 4 is 23.5 Å². The number of halogens is 1. The zero-order valence-corrected chi connectivity index (χ0v) is 15.3. The second-order valence-corrected chi connectivity index (χ2v) is 7.18. The van der Waals surface area contributed by atoms with E-state index in [0.29, 0.717) is 36.1 Å². The van der Waals surface area contributed by atoms with Crippen LogP contribution < -0.4 is 5.32 Å². The first-order valence-electron chi connectivity index (χ1n) is 8.85. The van der Waals surface area contributed by atoms with E-state index in [1.54, 1.807) is 12.3 Å². The largest absolute Gasteiger partial charge is 0.351 e. The summed E-state index contributed by atoms with van der Waals surface area (Å²) in [5.41, 5.74) is 1.34. The monoisotopic (exact) mass is 383 g/mol. The molecule has 2 heterocycles. The second kappa shape index (κ2) is 7.51. The Kier molecular flexibility index (Phi) is 4.92. The first-order chi connectivity index (χ1) is 13.1. The Balaban J connectivity index is 1.35. The fourth-order valence-corrected chi connectivity index (χ4v) is 3.59. The van der Waals surface area contributed by atoms with E-state index < -0.39 is 0 Å². The molecule has 1 aromatic heterocycles. The molecule has 1 aromatic carbocycles. The lowest BCUT2D eigenvalue weighted by Crippen LogP contribution is -2.45. The first kappa shape index (κ1) is 17.7. The number of nitriles is 1. The molecule has 1 N–H and O–H groups in total. The standard InChI is InChI=1S/C19H18ClN5O2/c20-14-3-1-12(2-4-14)17-6-8-27-25(17)18(26)13-9-16(10-13)24-19-22-7-5-15(11-21)23-19/h1-5,7,13,16-17H,6,8-10H2,(H,22,23,24)/t13-,16+,17-/m0/s1. The van der Waals surface area contributed by atoms with Gasteiger partial charge in [0.15, 0.2) is 0 Å². The summed E-state index contributed by atoms with van der Waals surface area (Å²) in [4.78, 5) is 26.7. The Labute approximate surface area is 161 Å². The third-order valence-electron chi connectivity index (χ3n) is 4.97. The van der Waals surface area contributed by atoms with Crippen LogP contribution in [0.1, 0.15) is 36.6 Å². The van der Waals surface area contributed by atoms with E-state index in [4.69, 9.17) is 21.7 Å². The average molecular weight is 384 g/mol. The highest BCUT2D eigenvalue weighted by molar-refractivity contribution is 6.30. The van der Waals surface area contributed by atoms with Gasteiger partial charge in [-0.1, -0.05) is 23.7 Å². The topological polar surface area (TPSA) is 91.1 Å². The molecule has 1 saturated carbocycles. The highest BCUT2D eigenvalue weighted by Gasteiger charge is 2.41. The van der Waals surface area contributed by atoms with Crippen LogP contribution in [0.5, 0.6) is 0 Å². The number of hydrogen-bond acceptors (Lipinski definition) is 6. The van der Waals surface area contributed by atoms with Crippen LogP contribution in [-0.4, -0.2) is 33.6 Å². The van der Waals surface area contributed by atoms with E-state index in [2.05, 4.69) is 15.3 Å². The van der Waals surface area contributed by atoms with E-state index in [1.165, 1.54) is 5.06 Å². The van der Waals surface area contributed by atoms with E-state index in [0.717, 1.165) is 12.0 Å². The number of aromatic nitrogens is 2. The minimum Gasteiger partial charge on any atom is -0.351 e. The quantitative estimate of drug-likeness (QED) is 0.872. The third-order valence-corrected chi connectivity index (χ3v) is 5.22. The number of hydroxylamine groups is 2. The zero-order valence-electron chi connectivity index (χ0n) is 14.5. The summed E-state index contributed by atoms with van der Waals surface area (Å²) in [5.74, 6) is 0.341. The van der Waals surface area contributed by atoms with Crippen LogP contribution >= 0.6 is 11.6 Å². The molecular formula is C19H18ClN5O2. The molecule has 2 fully saturated rings. The summed E-state index contributed by atoms with van der Waals surface area (Å²) in [6, 6.07) is 11.1. The predicted molar refractivity (Wildman–Crippen MR) is 98.5 cm³/mol. The third kappa shape index (κ3) is 3.72. The maximum atomic E-state index is 12.8. The van der Waals surface area contributed by atoms with E-state index in [-0.39, 0.29) is 23.9 Å². The SMILES string of the molecule is N#Cc1ccnc(N[C@H]2C[C@@H](C(=O)N3OCC[C@H]3c3ccc(Cl)cc3)C2)n1. The molecule has 0 spiro atoms. The van der Waals surface area contributed by atoms with Crippen LogP contribution in [0.2, 0.25) is 5.02 Å². The Hall–Kier alpha value is -2.69. The van der Waals surface area contributed by atoms with Gasteiger partial charge in [-0.05, 0) is 36.6 Å². The summed E-state index contributed by atoms with van der Waals surface area (Å²) in [7, 11) is 0. The van der Waals surface area contributed by atoms with Crippen LogP contribution in [0.3, 0.4) is 0 Å². The molecule has 1 aliphatic heterocycles. The summed E-state index contributed by atoms with van der Waals surface area (Å²) in [6.07, 6.45) is 3.69. The van der Waals surface area contributed by atoms with Crippen LogP contribution in [0.25, 0.3) is 0 Å². The van der Waals surface area contributed by atoms with Gasteiger partial charge < -0.3 is 5.32 Å². The molecule has 4 rings (SSSR count). The van der Waals surface area contributed by atoms with E-state index >= 15 is 0 Å². The fourth-order valence-electron chi connectivity index (χ4n) is 3.46. The van der Waals surface area contributed by atoms with Gasteiger partial charge in [0.05, 0.1) is 12.6 Å². The lowest BCUT2D eigenvalue weighted by molar-refractivity contribution is -0.184. The molecule has 0 bridgehead atoms. The molecule has 0 unspecified atom stereocenters. The number of carbonyl (C=O) groups is 1. The summed E-state index contributed by atoms with van der Waals surface area (Å²) < 4.78 is 0. The smallest absolute Gasteiger partial charge is 0.249 e. The van der Waals surface area contributed by atoms with Gasteiger partial charge in [-0.25, -0.2) is 15.0 Å². The van der Waals surface area contributed by atoms with Crippen LogP contribution in [0, 0.1) is 17.2 Å². The van der Waals surface area contributed by atoms with Gasteiger partial charge in [0, 0.05) is 29.6 Å². The maximum absolute atomic E-state index is 12.8. The fraction of sp³-hybridized carbons (Fsp3) is 0.368. The molecule has 1 aliphatic carbocycles. The van der Waals surface area contributed by atoms with Gasteiger partial charge >= 0.3 is 0 Å². The number of anilines is 1. The summed E-state index contributed by atoms with van der Waals surface area (Å²) in [6.45, 7) is 0.530. The van der Waals surface area contributed by atoms with Crippen molar-refractivity contribution in [3.05, 3.63) is 52.8 Å². The summed E-state index contributed by atoms with van der Waals surface area (Å²) >= 11 is 5.95. The predicted octanol–water partition coefficient (Wildman–Crippen LogP) is 3.10. The van der Waals surface area contributed by atoms with E-state index in [9.17, 15) is 4.79 Å². The molecule has 1 atom stereocenters. The van der Waals surface area contributed by atoms with Gasteiger partial charge in [-0.15, -0.1) is 0 Å². The Morgan fingerprint density at radius 2 is 2.07 bits per heavy atom.